The molecule has 0 spiro atoms. The summed E-state index contributed by atoms with van der Waals surface area (Å²) in [6.45, 7) is 2.08. The Morgan fingerprint density at radius 2 is 1.73 bits per heavy atom. The van der Waals surface area contributed by atoms with Crippen molar-refractivity contribution >= 4 is 16.0 Å². The van der Waals surface area contributed by atoms with Crippen LogP contribution in [0.5, 0.6) is 0 Å². The van der Waals surface area contributed by atoms with Crippen LogP contribution in [0.1, 0.15) is 35.8 Å². The van der Waals surface area contributed by atoms with Crippen molar-refractivity contribution in [3.8, 4) is 0 Å². The fourth-order valence-corrected chi connectivity index (χ4v) is 3.55. The zero-order chi connectivity index (χ0) is 24.6. The summed E-state index contributed by atoms with van der Waals surface area (Å²) in [5.41, 5.74) is 7.93. The minimum Gasteiger partial charge on any atom is -0.475 e. The first-order valence-electron chi connectivity index (χ1n) is 9.45. The third-order valence-electron chi connectivity index (χ3n) is 4.09. The Morgan fingerprint density at radius 1 is 1.15 bits per heavy atom. The number of carbonyl (C=O) groups is 1. The zero-order valence-corrected chi connectivity index (χ0v) is 18.1. The van der Waals surface area contributed by atoms with E-state index in [1.165, 1.54) is 0 Å². The lowest BCUT2D eigenvalue weighted by atomic mass is 10.1. The molecular formula is C20H21F3N4O5S. The Morgan fingerprint density at radius 3 is 2.24 bits per heavy atom. The molecular weight excluding hydrogens is 465 g/mol. The SMILES string of the molecule is CCNS(=O)(=O)c1ccc(Cc2nc(C(N)c3ccccc3)no2)cc1.O=C(O)C(F)(F)F. The smallest absolute Gasteiger partial charge is 0.475 e. The Balaban J connectivity index is 0.000000479. The summed E-state index contributed by atoms with van der Waals surface area (Å²) >= 11 is 0. The molecule has 0 radical (unpaired) electrons. The number of halogens is 3. The van der Waals surface area contributed by atoms with Crippen LogP contribution in [-0.4, -0.2) is 42.4 Å². The highest BCUT2D eigenvalue weighted by molar-refractivity contribution is 7.89. The molecule has 4 N–H and O–H groups in total. The van der Waals surface area contributed by atoms with Crippen LogP contribution in [0.2, 0.25) is 0 Å². The molecule has 2 aromatic carbocycles. The van der Waals surface area contributed by atoms with Gasteiger partial charge in [-0.25, -0.2) is 17.9 Å². The van der Waals surface area contributed by atoms with Crippen molar-refractivity contribution in [1.82, 2.24) is 14.9 Å². The standard InChI is InChI=1S/C18H20N4O3S.C2HF3O2/c1-2-20-26(23,24)15-10-8-13(9-11-15)12-16-21-18(22-25-16)17(19)14-6-4-3-5-7-14;3-2(4,5)1(6)7/h3-11,17,20H,2,12,19H2,1H3;(H,6,7). The van der Waals surface area contributed by atoms with Gasteiger partial charge in [0.25, 0.3) is 0 Å². The van der Waals surface area contributed by atoms with Crippen LogP contribution in [-0.2, 0) is 21.2 Å². The predicted molar refractivity (Wildman–Crippen MR) is 111 cm³/mol. The van der Waals surface area contributed by atoms with E-state index in [-0.39, 0.29) is 4.90 Å². The van der Waals surface area contributed by atoms with Gasteiger partial charge in [0.1, 0.15) is 0 Å². The van der Waals surface area contributed by atoms with E-state index >= 15 is 0 Å². The summed E-state index contributed by atoms with van der Waals surface area (Å²) in [6.07, 6.45) is -4.68. The van der Waals surface area contributed by atoms with Crippen LogP contribution < -0.4 is 10.5 Å². The molecule has 33 heavy (non-hydrogen) atoms. The Hall–Kier alpha value is -3.29. The third kappa shape index (κ3) is 7.66. The van der Waals surface area contributed by atoms with Crippen LogP contribution >= 0.6 is 0 Å². The number of alkyl halides is 3. The van der Waals surface area contributed by atoms with Crippen molar-refractivity contribution in [2.45, 2.75) is 30.5 Å². The number of rotatable bonds is 7. The molecule has 0 bridgehead atoms. The zero-order valence-electron chi connectivity index (χ0n) is 17.3. The van der Waals surface area contributed by atoms with E-state index in [2.05, 4.69) is 14.9 Å². The topological polar surface area (TPSA) is 148 Å². The van der Waals surface area contributed by atoms with Gasteiger partial charge in [-0.15, -0.1) is 0 Å². The van der Waals surface area contributed by atoms with Crippen molar-refractivity contribution in [1.29, 1.82) is 0 Å². The summed E-state index contributed by atoms with van der Waals surface area (Å²) in [5, 5.41) is 11.1. The Labute approximate surface area is 187 Å². The van der Waals surface area contributed by atoms with Gasteiger partial charge in [0, 0.05) is 6.54 Å². The molecule has 0 aliphatic carbocycles. The van der Waals surface area contributed by atoms with Gasteiger partial charge >= 0.3 is 12.1 Å². The number of aromatic nitrogens is 2. The highest BCUT2D eigenvalue weighted by atomic mass is 32.2. The van der Waals surface area contributed by atoms with E-state index in [1.807, 2.05) is 30.3 Å². The second kappa shape index (κ2) is 11.0. The van der Waals surface area contributed by atoms with E-state index in [9.17, 15) is 21.6 Å². The number of hydrogen-bond donors (Lipinski definition) is 3. The molecule has 0 fully saturated rings. The molecule has 13 heteroatoms. The number of aliphatic carboxylic acids is 1. The highest BCUT2D eigenvalue weighted by Crippen LogP contribution is 2.18. The first-order chi connectivity index (χ1) is 15.4. The van der Waals surface area contributed by atoms with Gasteiger partial charge in [-0.2, -0.15) is 18.2 Å². The molecule has 1 aromatic heterocycles. The molecule has 1 atom stereocenters. The average molecular weight is 486 g/mol. The third-order valence-corrected chi connectivity index (χ3v) is 5.65. The molecule has 3 rings (SSSR count). The number of nitrogens with two attached hydrogens (primary N) is 1. The number of nitrogens with zero attached hydrogens (tertiary/aromatic N) is 2. The fourth-order valence-electron chi connectivity index (χ4n) is 2.51. The van der Waals surface area contributed by atoms with Crippen molar-refractivity contribution in [2.24, 2.45) is 5.73 Å². The van der Waals surface area contributed by atoms with E-state index in [0.29, 0.717) is 24.7 Å². The predicted octanol–water partition coefficient (Wildman–Crippen LogP) is 2.64. The largest absolute Gasteiger partial charge is 0.490 e. The molecule has 0 aliphatic heterocycles. The second-order valence-corrected chi connectivity index (χ2v) is 8.33. The molecule has 1 heterocycles. The van der Waals surface area contributed by atoms with Crippen LogP contribution in [0.15, 0.2) is 64.0 Å². The van der Waals surface area contributed by atoms with Gasteiger partial charge in [0.15, 0.2) is 5.82 Å². The van der Waals surface area contributed by atoms with E-state index in [0.717, 1.165) is 11.1 Å². The van der Waals surface area contributed by atoms with Crippen LogP contribution in [0.4, 0.5) is 13.2 Å². The number of nitrogens with one attached hydrogen (secondary N) is 1. The summed E-state index contributed by atoms with van der Waals surface area (Å²) in [4.78, 5) is 13.5. The lowest BCUT2D eigenvalue weighted by molar-refractivity contribution is -0.192. The first-order valence-corrected chi connectivity index (χ1v) is 10.9. The molecule has 0 saturated heterocycles. The van der Waals surface area contributed by atoms with E-state index < -0.39 is 28.2 Å². The Kier molecular flexibility index (Phi) is 8.68. The van der Waals surface area contributed by atoms with Crippen LogP contribution in [0.3, 0.4) is 0 Å². The minimum atomic E-state index is -5.08. The maximum Gasteiger partial charge on any atom is 0.490 e. The number of sulfonamides is 1. The number of benzene rings is 2. The van der Waals surface area contributed by atoms with Crippen molar-refractivity contribution in [3.05, 3.63) is 77.4 Å². The molecule has 0 aliphatic rings. The fraction of sp³-hybridized carbons (Fsp3) is 0.250. The van der Waals surface area contributed by atoms with E-state index in [4.69, 9.17) is 20.2 Å². The number of carboxylic acid groups (broad SMARTS) is 1. The molecule has 3 aromatic rings. The van der Waals surface area contributed by atoms with Gasteiger partial charge in [-0.1, -0.05) is 54.5 Å². The molecule has 1 unspecified atom stereocenters. The van der Waals surface area contributed by atoms with Crippen LogP contribution in [0.25, 0.3) is 0 Å². The van der Waals surface area contributed by atoms with Crippen molar-refractivity contribution in [2.75, 3.05) is 6.54 Å². The van der Waals surface area contributed by atoms with Crippen molar-refractivity contribution < 1.29 is 36.0 Å². The summed E-state index contributed by atoms with van der Waals surface area (Å²) in [6, 6.07) is 15.6. The molecule has 9 nitrogen and oxygen atoms in total. The number of hydrogen-bond acceptors (Lipinski definition) is 7. The summed E-state index contributed by atoms with van der Waals surface area (Å²) in [5.74, 6) is -1.92. The minimum absolute atomic E-state index is 0.223. The Bertz CT molecular complexity index is 1150. The monoisotopic (exact) mass is 486 g/mol. The maximum atomic E-state index is 11.9. The van der Waals surface area contributed by atoms with Gasteiger partial charge in [-0.3, -0.25) is 0 Å². The molecule has 0 amide bonds. The quantitative estimate of drug-likeness (QED) is 0.462. The summed E-state index contributed by atoms with van der Waals surface area (Å²) in [7, 11) is -3.46. The van der Waals surface area contributed by atoms with Crippen LogP contribution in [0, 0.1) is 0 Å². The lowest BCUT2D eigenvalue weighted by Gasteiger charge is -2.06. The van der Waals surface area contributed by atoms with E-state index in [1.54, 1.807) is 31.2 Å². The van der Waals surface area contributed by atoms with Crippen molar-refractivity contribution in [3.63, 3.8) is 0 Å². The molecule has 178 valence electrons. The normalized spacial score (nSPS) is 12.5. The lowest BCUT2D eigenvalue weighted by Crippen LogP contribution is -2.23. The van der Waals surface area contributed by atoms with Gasteiger partial charge < -0.3 is 15.4 Å². The highest BCUT2D eigenvalue weighted by Gasteiger charge is 2.38. The van der Waals surface area contributed by atoms with Gasteiger partial charge in [0.2, 0.25) is 15.9 Å². The maximum absolute atomic E-state index is 11.9. The van der Waals surface area contributed by atoms with Gasteiger partial charge in [0.05, 0.1) is 17.4 Å². The average Bonchev–Trinajstić information content (AvgIpc) is 3.22. The molecule has 0 saturated carbocycles. The summed E-state index contributed by atoms with van der Waals surface area (Å²) < 4.78 is 63.4. The van der Waals surface area contributed by atoms with Gasteiger partial charge in [-0.05, 0) is 23.3 Å². The number of carboxylic acids is 1. The second-order valence-electron chi connectivity index (χ2n) is 6.56. The first kappa shape index (κ1) is 26.0.